The van der Waals surface area contributed by atoms with Crippen molar-refractivity contribution in [3.8, 4) is 0 Å². The highest BCUT2D eigenvalue weighted by atomic mass is 32.2. The monoisotopic (exact) mass is 412 g/mol. The lowest BCUT2D eigenvalue weighted by atomic mass is 10.1. The molecule has 0 N–H and O–H groups in total. The molecule has 1 aliphatic rings. The van der Waals surface area contributed by atoms with E-state index in [1.165, 1.54) is 27.0 Å². The van der Waals surface area contributed by atoms with Crippen LogP contribution in [-0.2, 0) is 14.8 Å². The Bertz CT molecular complexity index is 879. The highest BCUT2D eigenvalue weighted by Crippen LogP contribution is 2.25. The standard InChI is InChI=1S/C17H20N2O4S3/c1-13-4-7-17(25-13)26(22,23)19-10-8-18(9-11-19)16(21)6-5-14(20)15-3-2-12-24-15/h2-4,7,12H,5-6,8-11H2,1H3. The minimum absolute atomic E-state index is 0.0253. The molecule has 1 fully saturated rings. The van der Waals surface area contributed by atoms with Gasteiger partial charge < -0.3 is 4.90 Å². The summed E-state index contributed by atoms with van der Waals surface area (Å²) in [6.45, 7) is 3.15. The van der Waals surface area contributed by atoms with Gasteiger partial charge in [0, 0.05) is 43.9 Å². The van der Waals surface area contributed by atoms with Crippen LogP contribution in [-0.4, -0.2) is 55.5 Å². The Hall–Kier alpha value is -1.55. The maximum Gasteiger partial charge on any atom is 0.252 e. The van der Waals surface area contributed by atoms with Crippen LogP contribution in [0, 0.1) is 6.92 Å². The van der Waals surface area contributed by atoms with Crippen LogP contribution < -0.4 is 0 Å². The van der Waals surface area contributed by atoms with Crippen molar-refractivity contribution in [3.05, 3.63) is 39.4 Å². The number of nitrogens with zero attached hydrogens (tertiary/aromatic N) is 2. The highest BCUT2D eigenvalue weighted by Gasteiger charge is 2.31. The first-order chi connectivity index (χ1) is 12.4. The fraction of sp³-hybridized carbons (Fsp3) is 0.412. The number of hydrogen-bond donors (Lipinski definition) is 0. The third-order valence-corrected chi connectivity index (χ3v) is 8.54. The molecular weight excluding hydrogens is 392 g/mol. The normalized spacial score (nSPS) is 16.0. The van der Waals surface area contributed by atoms with Gasteiger partial charge in [-0.05, 0) is 30.5 Å². The number of piperazine rings is 1. The third-order valence-electron chi connectivity index (χ3n) is 4.26. The van der Waals surface area contributed by atoms with Gasteiger partial charge in [-0.2, -0.15) is 4.31 Å². The topological polar surface area (TPSA) is 74.8 Å². The van der Waals surface area contributed by atoms with E-state index in [0.29, 0.717) is 22.2 Å². The van der Waals surface area contributed by atoms with Crippen LogP contribution in [0.25, 0.3) is 0 Å². The number of aryl methyl sites for hydroxylation is 1. The van der Waals surface area contributed by atoms with Crippen LogP contribution in [0.4, 0.5) is 0 Å². The number of rotatable bonds is 6. The van der Waals surface area contributed by atoms with Crippen molar-refractivity contribution >= 4 is 44.4 Å². The van der Waals surface area contributed by atoms with Crippen LogP contribution in [0.15, 0.2) is 33.9 Å². The summed E-state index contributed by atoms with van der Waals surface area (Å²) in [4.78, 5) is 27.6. The molecule has 9 heteroatoms. The van der Waals surface area contributed by atoms with Gasteiger partial charge in [0.25, 0.3) is 10.0 Å². The summed E-state index contributed by atoms with van der Waals surface area (Å²) in [5, 5.41) is 1.84. The summed E-state index contributed by atoms with van der Waals surface area (Å²) in [6, 6.07) is 6.99. The predicted molar refractivity (Wildman–Crippen MR) is 102 cm³/mol. The molecular formula is C17H20N2O4S3. The summed E-state index contributed by atoms with van der Waals surface area (Å²) < 4.78 is 27.0. The molecule has 0 spiro atoms. The van der Waals surface area contributed by atoms with Crippen molar-refractivity contribution in [1.29, 1.82) is 0 Å². The minimum atomic E-state index is -3.48. The maximum absolute atomic E-state index is 12.6. The van der Waals surface area contributed by atoms with Gasteiger partial charge in [-0.3, -0.25) is 9.59 Å². The highest BCUT2D eigenvalue weighted by molar-refractivity contribution is 7.91. The zero-order chi connectivity index (χ0) is 18.7. The summed E-state index contributed by atoms with van der Waals surface area (Å²) in [6.07, 6.45) is 0.347. The van der Waals surface area contributed by atoms with Crippen LogP contribution in [0.2, 0.25) is 0 Å². The number of thiophene rings is 2. The number of hydrogen-bond acceptors (Lipinski definition) is 6. The van der Waals surface area contributed by atoms with E-state index in [9.17, 15) is 18.0 Å². The van der Waals surface area contributed by atoms with E-state index in [-0.39, 0.29) is 37.6 Å². The van der Waals surface area contributed by atoms with Crippen molar-refractivity contribution in [3.63, 3.8) is 0 Å². The molecule has 6 nitrogen and oxygen atoms in total. The first-order valence-electron chi connectivity index (χ1n) is 8.29. The fourth-order valence-corrected chi connectivity index (χ4v) is 6.35. The molecule has 3 heterocycles. The van der Waals surface area contributed by atoms with Gasteiger partial charge in [0.15, 0.2) is 5.78 Å². The average Bonchev–Trinajstić information content (AvgIpc) is 3.31. The zero-order valence-electron chi connectivity index (χ0n) is 14.4. The van der Waals surface area contributed by atoms with Gasteiger partial charge in [0.1, 0.15) is 4.21 Å². The molecule has 3 rings (SSSR count). The van der Waals surface area contributed by atoms with Crippen molar-refractivity contribution in [2.24, 2.45) is 0 Å². The number of ketones is 1. The van der Waals surface area contributed by atoms with E-state index in [0.717, 1.165) is 4.88 Å². The van der Waals surface area contributed by atoms with Gasteiger partial charge in [0.05, 0.1) is 4.88 Å². The van der Waals surface area contributed by atoms with Gasteiger partial charge in [0.2, 0.25) is 5.91 Å². The predicted octanol–water partition coefficient (Wildman–Crippen LogP) is 2.61. The molecule has 0 aliphatic carbocycles. The molecule has 2 aromatic rings. The van der Waals surface area contributed by atoms with Crippen molar-refractivity contribution < 1.29 is 18.0 Å². The van der Waals surface area contributed by atoms with Crippen LogP contribution in [0.5, 0.6) is 0 Å². The lowest BCUT2D eigenvalue weighted by molar-refractivity contribution is -0.132. The largest absolute Gasteiger partial charge is 0.340 e. The van der Waals surface area contributed by atoms with Gasteiger partial charge in [-0.25, -0.2) is 8.42 Å². The molecule has 26 heavy (non-hydrogen) atoms. The Balaban J connectivity index is 1.51. The van der Waals surface area contributed by atoms with Crippen LogP contribution in [0.3, 0.4) is 0 Å². The molecule has 1 amide bonds. The molecule has 0 atom stereocenters. The summed E-state index contributed by atoms with van der Waals surface area (Å²) in [7, 11) is -3.48. The molecule has 0 aromatic carbocycles. The lowest BCUT2D eigenvalue weighted by Crippen LogP contribution is -2.50. The van der Waals surface area contributed by atoms with Crippen molar-refractivity contribution in [1.82, 2.24) is 9.21 Å². The molecule has 2 aromatic heterocycles. The van der Waals surface area contributed by atoms with Crippen molar-refractivity contribution in [2.45, 2.75) is 24.0 Å². The smallest absolute Gasteiger partial charge is 0.252 e. The number of amides is 1. The number of carbonyl (C=O) groups excluding carboxylic acids is 2. The zero-order valence-corrected chi connectivity index (χ0v) is 16.8. The number of sulfonamides is 1. The Labute approximate surface area is 161 Å². The van der Waals surface area contributed by atoms with Gasteiger partial charge >= 0.3 is 0 Å². The molecule has 0 radical (unpaired) electrons. The molecule has 1 aliphatic heterocycles. The summed E-state index contributed by atoms with van der Waals surface area (Å²) >= 11 is 2.63. The van der Waals surface area contributed by atoms with E-state index in [4.69, 9.17) is 0 Å². The fourth-order valence-electron chi connectivity index (χ4n) is 2.79. The van der Waals surface area contributed by atoms with Crippen LogP contribution in [0.1, 0.15) is 27.4 Å². The maximum atomic E-state index is 12.6. The summed E-state index contributed by atoms with van der Waals surface area (Å²) in [5.41, 5.74) is 0. The first kappa shape index (κ1) is 19.2. The first-order valence-corrected chi connectivity index (χ1v) is 11.4. The second kappa shape index (κ2) is 7.99. The van der Waals surface area contributed by atoms with Gasteiger partial charge in [-0.1, -0.05) is 6.07 Å². The minimum Gasteiger partial charge on any atom is -0.340 e. The molecule has 0 unspecified atom stereocenters. The molecule has 1 saturated heterocycles. The molecule has 140 valence electrons. The van der Waals surface area contributed by atoms with Gasteiger partial charge in [-0.15, -0.1) is 22.7 Å². The third kappa shape index (κ3) is 4.22. The molecule has 0 bridgehead atoms. The number of Topliss-reactive ketones (excluding diaryl/α,β-unsaturated/α-hetero) is 1. The van der Waals surface area contributed by atoms with E-state index in [1.807, 2.05) is 18.4 Å². The van der Waals surface area contributed by atoms with Crippen molar-refractivity contribution in [2.75, 3.05) is 26.2 Å². The number of carbonyl (C=O) groups is 2. The Morgan fingerprint density at radius 2 is 1.81 bits per heavy atom. The van der Waals surface area contributed by atoms with E-state index in [1.54, 1.807) is 23.1 Å². The van der Waals surface area contributed by atoms with Crippen LogP contribution >= 0.6 is 22.7 Å². The second-order valence-corrected chi connectivity index (χ2v) is 10.5. The second-order valence-electron chi connectivity index (χ2n) is 6.05. The van der Waals surface area contributed by atoms with E-state index in [2.05, 4.69) is 0 Å². The SMILES string of the molecule is Cc1ccc(S(=O)(=O)N2CCN(C(=O)CCC(=O)c3cccs3)CC2)s1. The van der Waals surface area contributed by atoms with E-state index < -0.39 is 10.0 Å². The Morgan fingerprint density at radius 1 is 1.08 bits per heavy atom. The Morgan fingerprint density at radius 3 is 2.38 bits per heavy atom. The lowest BCUT2D eigenvalue weighted by Gasteiger charge is -2.33. The average molecular weight is 413 g/mol. The summed E-state index contributed by atoms with van der Waals surface area (Å²) in [5.74, 6) is -0.124. The van der Waals surface area contributed by atoms with E-state index >= 15 is 0 Å². The molecule has 0 saturated carbocycles. The Kier molecular flexibility index (Phi) is 5.91. The quantitative estimate of drug-likeness (QED) is 0.684.